The predicted octanol–water partition coefficient (Wildman–Crippen LogP) is 4.18. The van der Waals surface area contributed by atoms with Gasteiger partial charge in [-0.3, -0.25) is 14.6 Å². The van der Waals surface area contributed by atoms with Gasteiger partial charge in [0, 0.05) is 31.2 Å². The number of carbonyl (C=O) groups is 2. The van der Waals surface area contributed by atoms with Crippen LogP contribution < -0.4 is 10.6 Å². The van der Waals surface area contributed by atoms with Crippen LogP contribution in [-0.4, -0.2) is 37.8 Å². The zero-order valence-electron chi connectivity index (χ0n) is 19.0. The smallest absolute Gasteiger partial charge is 0.261 e. The first kappa shape index (κ1) is 22.6. The molecule has 4 rings (SSSR count). The standard InChI is InChI=1S/C24H26N6O2S/c1-14(24(2,3)4)29-22(31)16-12-26-21-20(16)30-17(13-27-21)18-7-8-19(33-18)23(32)28-11-15-6-5-9-25-10-15/h5-10,12-14H,11H2,1-4H3,(H,26,27)(H,28,32)(H,29,31)/t14-/m0/s1. The second-order valence-corrected chi connectivity index (χ2v) is 10.0. The summed E-state index contributed by atoms with van der Waals surface area (Å²) in [6, 6.07) is 7.33. The third-order valence-electron chi connectivity index (χ3n) is 5.53. The highest BCUT2D eigenvalue weighted by Crippen LogP contribution is 2.28. The molecular formula is C24H26N6O2S. The molecule has 0 unspecified atom stereocenters. The third-order valence-corrected chi connectivity index (χ3v) is 6.64. The molecule has 4 aromatic heterocycles. The number of rotatable bonds is 6. The SMILES string of the molecule is C[C@H](NC(=O)c1c[nH]c2ncc(-c3ccc(C(=O)NCc4cccnc4)s3)nc12)C(C)(C)C. The monoisotopic (exact) mass is 462 g/mol. The van der Waals surface area contributed by atoms with Crippen molar-refractivity contribution in [2.75, 3.05) is 0 Å². The molecule has 2 amide bonds. The lowest BCUT2D eigenvalue weighted by Crippen LogP contribution is -2.41. The molecular weight excluding hydrogens is 436 g/mol. The van der Waals surface area contributed by atoms with Gasteiger partial charge < -0.3 is 15.6 Å². The highest BCUT2D eigenvalue weighted by Gasteiger charge is 2.24. The normalized spacial score (nSPS) is 12.5. The van der Waals surface area contributed by atoms with Crippen molar-refractivity contribution in [1.29, 1.82) is 0 Å². The van der Waals surface area contributed by atoms with Gasteiger partial charge in [0.2, 0.25) is 0 Å². The van der Waals surface area contributed by atoms with Gasteiger partial charge >= 0.3 is 0 Å². The van der Waals surface area contributed by atoms with E-state index in [0.29, 0.717) is 33.8 Å². The van der Waals surface area contributed by atoms with Crippen molar-refractivity contribution in [3.63, 3.8) is 0 Å². The van der Waals surface area contributed by atoms with Crippen molar-refractivity contribution in [1.82, 2.24) is 30.6 Å². The number of aromatic amines is 1. The summed E-state index contributed by atoms with van der Waals surface area (Å²) in [5.74, 6) is -0.362. The third kappa shape index (κ3) is 5.09. The molecule has 0 aliphatic carbocycles. The van der Waals surface area contributed by atoms with Gasteiger partial charge in [-0.2, -0.15) is 0 Å². The van der Waals surface area contributed by atoms with Crippen LogP contribution in [-0.2, 0) is 6.54 Å². The van der Waals surface area contributed by atoms with E-state index in [1.165, 1.54) is 11.3 Å². The molecule has 3 N–H and O–H groups in total. The van der Waals surface area contributed by atoms with Gasteiger partial charge in [-0.25, -0.2) is 9.97 Å². The molecule has 8 nitrogen and oxygen atoms in total. The van der Waals surface area contributed by atoms with Crippen LogP contribution >= 0.6 is 11.3 Å². The number of nitrogens with one attached hydrogen (secondary N) is 3. The Hall–Kier alpha value is -3.59. The van der Waals surface area contributed by atoms with Crippen molar-refractivity contribution in [2.24, 2.45) is 5.41 Å². The zero-order valence-corrected chi connectivity index (χ0v) is 19.8. The minimum Gasteiger partial charge on any atom is -0.349 e. The first-order chi connectivity index (χ1) is 15.7. The first-order valence-electron chi connectivity index (χ1n) is 10.6. The Balaban J connectivity index is 1.52. The molecule has 9 heteroatoms. The van der Waals surface area contributed by atoms with Gasteiger partial charge in [-0.15, -0.1) is 11.3 Å². The second-order valence-electron chi connectivity index (χ2n) is 8.92. The van der Waals surface area contributed by atoms with Crippen LogP contribution in [0.5, 0.6) is 0 Å². The van der Waals surface area contributed by atoms with Gasteiger partial charge in [0.1, 0.15) is 5.52 Å². The maximum Gasteiger partial charge on any atom is 0.261 e. The Morgan fingerprint density at radius 3 is 2.70 bits per heavy atom. The zero-order chi connectivity index (χ0) is 23.6. The Labute approximate surface area is 195 Å². The number of thiophene rings is 1. The quantitative estimate of drug-likeness (QED) is 0.398. The Morgan fingerprint density at radius 2 is 1.97 bits per heavy atom. The summed E-state index contributed by atoms with van der Waals surface area (Å²) in [6.45, 7) is 8.61. The predicted molar refractivity (Wildman–Crippen MR) is 129 cm³/mol. The van der Waals surface area contributed by atoms with Crippen LogP contribution in [0, 0.1) is 5.41 Å². The summed E-state index contributed by atoms with van der Waals surface area (Å²) >= 11 is 1.33. The molecule has 0 spiro atoms. The van der Waals surface area contributed by atoms with Crippen LogP contribution in [0.15, 0.2) is 49.1 Å². The van der Waals surface area contributed by atoms with E-state index in [0.717, 1.165) is 10.4 Å². The molecule has 170 valence electrons. The summed E-state index contributed by atoms with van der Waals surface area (Å²) in [5, 5.41) is 5.94. The fourth-order valence-corrected chi connectivity index (χ4v) is 3.92. The molecule has 0 saturated carbocycles. The minimum absolute atomic E-state index is 0.0175. The van der Waals surface area contributed by atoms with Crippen LogP contribution in [0.2, 0.25) is 0 Å². The van der Waals surface area contributed by atoms with Gasteiger partial charge in [-0.05, 0) is 36.1 Å². The lowest BCUT2D eigenvalue weighted by Gasteiger charge is -2.27. The van der Waals surface area contributed by atoms with Gasteiger partial charge in [0.05, 0.1) is 27.2 Å². The van der Waals surface area contributed by atoms with Crippen LogP contribution in [0.4, 0.5) is 0 Å². The molecule has 0 fully saturated rings. The van der Waals surface area contributed by atoms with Gasteiger partial charge in [0.15, 0.2) is 5.65 Å². The number of pyridine rings is 1. The summed E-state index contributed by atoms with van der Waals surface area (Å²) < 4.78 is 0. The van der Waals surface area contributed by atoms with Crippen LogP contribution in [0.25, 0.3) is 21.7 Å². The number of aromatic nitrogens is 4. The van der Waals surface area contributed by atoms with E-state index >= 15 is 0 Å². The highest BCUT2D eigenvalue weighted by molar-refractivity contribution is 7.17. The maximum atomic E-state index is 12.9. The number of fused-ring (bicyclic) bond motifs is 1. The topological polar surface area (TPSA) is 113 Å². The van der Waals surface area contributed by atoms with Gasteiger partial charge in [-0.1, -0.05) is 26.8 Å². The van der Waals surface area contributed by atoms with Gasteiger partial charge in [0.25, 0.3) is 11.8 Å². The fraction of sp³-hybridized carbons (Fsp3) is 0.292. The van der Waals surface area contributed by atoms with Crippen molar-refractivity contribution >= 4 is 34.3 Å². The molecule has 0 aliphatic rings. The molecule has 1 atom stereocenters. The van der Waals surface area contributed by atoms with E-state index in [-0.39, 0.29) is 23.3 Å². The van der Waals surface area contributed by atoms with E-state index in [1.54, 1.807) is 30.9 Å². The Morgan fingerprint density at radius 1 is 1.15 bits per heavy atom. The van der Waals surface area contributed by atoms with E-state index in [9.17, 15) is 9.59 Å². The van der Waals surface area contributed by atoms with Crippen molar-refractivity contribution in [3.05, 3.63) is 65.1 Å². The summed E-state index contributed by atoms with van der Waals surface area (Å²) in [6.07, 6.45) is 6.68. The lowest BCUT2D eigenvalue weighted by atomic mass is 9.88. The largest absolute Gasteiger partial charge is 0.349 e. The molecule has 0 bridgehead atoms. The van der Waals surface area contributed by atoms with Crippen LogP contribution in [0.1, 0.15) is 53.3 Å². The number of hydrogen-bond donors (Lipinski definition) is 3. The number of amides is 2. The number of H-pyrrole nitrogens is 1. The Kier molecular flexibility index (Phi) is 6.24. The molecule has 0 radical (unpaired) electrons. The number of carbonyl (C=O) groups excluding carboxylic acids is 2. The molecule has 33 heavy (non-hydrogen) atoms. The van der Waals surface area contributed by atoms with Crippen molar-refractivity contribution < 1.29 is 9.59 Å². The average molecular weight is 463 g/mol. The van der Waals surface area contributed by atoms with E-state index in [1.807, 2.05) is 25.1 Å². The highest BCUT2D eigenvalue weighted by atomic mass is 32.1. The van der Waals surface area contributed by atoms with E-state index < -0.39 is 0 Å². The molecule has 0 aliphatic heterocycles. The fourth-order valence-electron chi connectivity index (χ4n) is 3.04. The Bertz CT molecular complexity index is 1290. The van der Waals surface area contributed by atoms with Crippen molar-refractivity contribution in [2.45, 2.75) is 40.3 Å². The number of hydrogen-bond acceptors (Lipinski definition) is 6. The van der Waals surface area contributed by atoms with Crippen molar-refractivity contribution in [3.8, 4) is 10.6 Å². The van der Waals surface area contributed by atoms with E-state index in [4.69, 9.17) is 0 Å². The second kappa shape index (κ2) is 9.11. The maximum absolute atomic E-state index is 12.9. The molecule has 4 heterocycles. The van der Waals surface area contributed by atoms with Crippen LogP contribution in [0.3, 0.4) is 0 Å². The van der Waals surface area contributed by atoms with E-state index in [2.05, 4.69) is 51.3 Å². The summed E-state index contributed by atoms with van der Waals surface area (Å²) in [7, 11) is 0. The molecule has 0 aromatic carbocycles. The first-order valence-corrected chi connectivity index (χ1v) is 11.5. The minimum atomic E-state index is -0.197. The lowest BCUT2D eigenvalue weighted by molar-refractivity contribution is 0.0910. The molecule has 4 aromatic rings. The molecule has 0 saturated heterocycles. The summed E-state index contributed by atoms with van der Waals surface area (Å²) in [4.78, 5) is 42.9. The summed E-state index contributed by atoms with van der Waals surface area (Å²) in [5.41, 5.74) is 2.96. The average Bonchev–Trinajstić information content (AvgIpc) is 3.44. The number of nitrogens with zero attached hydrogens (tertiary/aromatic N) is 3.